The van der Waals surface area contributed by atoms with E-state index in [2.05, 4.69) is 10.3 Å². The molecule has 0 spiro atoms. The van der Waals surface area contributed by atoms with Gasteiger partial charge in [-0.3, -0.25) is 4.79 Å². The number of benzene rings is 3. The van der Waals surface area contributed by atoms with Crippen molar-refractivity contribution >= 4 is 34.2 Å². The first-order valence-electron chi connectivity index (χ1n) is 10.8. The summed E-state index contributed by atoms with van der Waals surface area (Å²) in [6.07, 6.45) is 0. The zero-order valence-electron chi connectivity index (χ0n) is 19.0. The van der Waals surface area contributed by atoms with Crippen LogP contribution in [0.4, 0.5) is 11.4 Å². The van der Waals surface area contributed by atoms with Gasteiger partial charge in [0.05, 0.1) is 11.3 Å². The highest BCUT2D eigenvalue weighted by Gasteiger charge is 2.51. The summed E-state index contributed by atoms with van der Waals surface area (Å²) in [4.78, 5) is 30.8. The lowest BCUT2D eigenvalue weighted by molar-refractivity contribution is -0.114. The first kappa shape index (κ1) is 20.8. The Labute approximate surface area is 192 Å². The molecule has 3 aromatic carbocycles. The maximum atomic E-state index is 13.2. The zero-order chi connectivity index (χ0) is 23.3. The molecule has 0 radical (unpaired) electrons. The van der Waals surface area contributed by atoms with Crippen molar-refractivity contribution in [2.45, 2.75) is 19.4 Å². The van der Waals surface area contributed by atoms with Crippen LogP contribution in [0, 0.1) is 6.92 Å². The molecule has 1 aromatic heterocycles. The zero-order valence-corrected chi connectivity index (χ0v) is 19.0. The van der Waals surface area contributed by atoms with Crippen LogP contribution in [0.2, 0.25) is 0 Å². The van der Waals surface area contributed by atoms with Crippen molar-refractivity contribution in [2.24, 2.45) is 0 Å². The predicted octanol–water partition coefficient (Wildman–Crippen LogP) is 4.96. The van der Waals surface area contributed by atoms with Gasteiger partial charge in [-0.15, -0.1) is 0 Å². The van der Waals surface area contributed by atoms with Gasteiger partial charge in [-0.25, -0.2) is 4.79 Å². The second-order valence-corrected chi connectivity index (χ2v) is 8.59. The molecule has 0 fully saturated rings. The van der Waals surface area contributed by atoms with E-state index in [1.54, 1.807) is 6.07 Å². The summed E-state index contributed by atoms with van der Waals surface area (Å²) >= 11 is 0. The number of rotatable bonds is 4. The fourth-order valence-electron chi connectivity index (χ4n) is 4.88. The number of carbonyl (C=O) groups excluding carboxylic acids is 2. The fourth-order valence-corrected chi connectivity index (χ4v) is 4.88. The normalized spacial score (nSPS) is 17.0. The lowest BCUT2D eigenvalue weighted by Gasteiger charge is -2.33. The molecule has 1 aliphatic rings. The molecule has 5 rings (SSSR count). The van der Waals surface area contributed by atoms with Gasteiger partial charge in [0.1, 0.15) is 0 Å². The Balaban J connectivity index is 1.92. The number of hydrogen-bond acceptors (Lipinski definition) is 4. The van der Waals surface area contributed by atoms with Crippen LogP contribution < -0.4 is 10.2 Å². The SMILES string of the molecule is CC(=O)Nc1cc(N(C)C)ccc1C1(c2c(C)[nH]c3ccccc23)OC(=O)c2ccccc21. The Hall–Kier alpha value is -4.06. The average molecular weight is 440 g/mol. The molecular formula is C27H25N3O3. The van der Waals surface area contributed by atoms with Crippen LogP contribution in [0.25, 0.3) is 10.9 Å². The number of nitrogens with one attached hydrogen (secondary N) is 2. The molecule has 1 atom stereocenters. The van der Waals surface area contributed by atoms with Crippen LogP contribution in [0.5, 0.6) is 0 Å². The minimum absolute atomic E-state index is 0.199. The van der Waals surface area contributed by atoms with E-state index in [1.807, 2.05) is 86.6 Å². The summed E-state index contributed by atoms with van der Waals surface area (Å²) in [7, 11) is 3.88. The number of hydrogen-bond donors (Lipinski definition) is 2. The van der Waals surface area contributed by atoms with E-state index >= 15 is 0 Å². The van der Waals surface area contributed by atoms with Crippen molar-refractivity contribution in [3.05, 3.63) is 94.7 Å². The molecule has 0 saturated carbocycles. The molecule has 6 nitrogen and oxygen atoms in total. The number of aromatic amines is 1. The van der Waals surface area contributed by atoms with E-state index in [4.69, 9.17) is 4.74 Å². The molecule has 2 heterocycles. The predicted molar refractivity (Wildman–Crippen MR) is 130 cm³/mol. The second kappa shape index (κ2) is 7.52. The molecule has 0 aliphatic carbocycles. The molecule has 1 unspecified atom stereocenters. The van der Waals surface area contributed by atoms with Gasteiger partial charge in [0.25, 0.3) is 0 Å². The van der Waals surface area contributed by atoms with Crippen LogP contribution in [0.3, 0.4) is 0 Å². The quantitative estimate of drug-likeness (QED) is 0.441. The fraction of sp³-hybridized carbons (Fsp3) is 0.185. The molecule has 6 heteroatoms. The van der Waals surface area contributed by atoms with Gasteiger partial charge < -0.3 is 19.9 Å². The van der Waals surface area contributed by atoms with E-state index in [9.17, 15) is 9.59 Å². The summed E-state index contributed by atoms with van der Waals surface area (Å²) in [5, 5.41) is 3.94. The number of para-hydroxylation sites is 1. The third-order valence-corrected chi connectivity index (χ3v) is 6.23. The van der Waals surface area contributed by atoms with Crippen LogP contribution in [0.1, 0.15) is 39.7 Å². The monoisotopic (exact) mass is 439 g/mol. The van der Waals surface area contributed by atoms with Gasteiger partial charge in [-0.05, 0) is 31.2 Å². The Morgan fingerprint density at radius 2 is 1.73 bits per heavy atom. The Morgan fingerprint density at radius 3 is 2.48 bits per heavy atom. The number of aryl methyl sites for hydroxylation is 1. The number of amides is 1. The number of esters is 1. The van der Waals surface area contributed by atoms with Crippen molar-refractivity contribution in [3.8, 4) is 0 Å². The standard InChI is InChI=1S/C27H25N3O3/c1-16-25(20-10-6-8-12-23(20)28-16)27(21-11-7-5-9-19(21)26(32)33-27)22-14-13-18(30(3)4)15-24(22)29-17(2)31/h5-15,28H,1-4H3,(H,29,31). The molecule has 166 valence electrons. The van der Waals surface area contributed by atoms with Crippen molar-refractivity contribution in [1.29, 1.82) is 0 Å². The third kappa shape index (κ3) is 3.09. The molecule has 33 heavy (non-hydrogen) atoms. The Kier molecular flexibility index (Phi) is 4.74. The highest BCUT2D eigenvalue weighted by molar-refractivity contribution is 6.00. The smallest absolute Gasteiger partial charge is 0.340 e. The molecular weight excluding hydrogens is 414 g/mol. The number of carbonyl (C=O) groups is 2. The number of aromatic nitrogens is 1. The maximum absolute atomic E-state index is 13.2. The van der Waals surface area contributed by atoms with Crippen LogP contribution in [-0.4, -0.2) is 31.0 Å². The molecule has 1 aliphatic heterocycles. The number of cyclic esters (lactones) is 1. The van der Waals surface area contributed by atoms with Crippen LogP contribution in [-0.2, 0) is 15.1 Å². The first-order chi connectivity index (χ1) is 15.8. The molecule has 0 saturated heterocycles. The molecule has 1 amide bonds. The van der Waals surface area contributed by atoms with Gasteiger partial charge in [0, 0.05) is 60.0 Å². The average Bonchev–Trinajstić information content (AvgIpc) is 3.27. The number of H-pyrrole nitrogens is 1. The van der Waals surface area contributed by atoms with E-state index in [0.717, 1.165) is 33.4 Å². The number of ether oxygens (including phenoxy) is 1. The summed E-state index contributed by atoms with van der Waals surface area (Å²) in [5.41, 5.74) is 4.99. The van der Waals surface area contributed by atoms with Crippen molar-refractivity contribution in [1.82, 2.24) is 4.98 Å². The van der Waals surface area contributed by atoms with E-state index < -0.39 is 5.60 Å². The van der Waals surface area contributed by atoms with Crippen molar-refractivity contribution < 1.29 is 14.3 Å². The first-order valence-corrected chi connectivity index (χ1v) is 10.8. The van der Waals surface area contributed by atoms with Gasteiger partial charge in [-0.1, -0.05) is 42.5 Å². The van der Waals surface area contributed by atoms with E-state index in [0.29, 0.717) is 16.8 Å². The minimum atomic E-state index is -1.22. The van der Waals surface area contributed by atoms with E-state index in [-0.39, 0.29) is 11.9 Å². The summed E-state index contributed by atoms with van der Waals surface area (Å²) in [6.45, 7) is 3.46. The highest BCUT2D eigenvalue weighted by Crippen LogP contribution is 2.52. The molecule has 0 bridgehead atoms. The van der Waals surface area contributed by atoms with Crippen molar-refractivity contribution in [3.63, 3.8) is 0 Å². The number of anilines is 2. The summed E-state index contributed by atoms with van der Waals surface area (Å²) in [5.74, 6) is -0.587. The Bertz CT molecular complexity index is 1420. The summed E-state index contributed by atoms with van der Waals surface area (Å²) < 4.78 is 6.34. The van der Waals surface area contributed by atoms with Crippen molar-refractivity contribution in [2.75, 3.05) is 24.3 Å². The second-order valence-electron chi connectivity index (χ2n) is 8.59. The topological polar surface area (TPSA) is 74.4 Å². The lowest BCUT2D eigenvalue weighted by Crippen LogP contribution is -2.32. The largest absolute Gasteiger partial charge is 0.440 e. The highest BCUT2D eigenvalue weighted by atomic mass is 16.6. The lowest BCUT2D eigenvalue weighted by atomic mass is 9.77. The van der Waals surface area contributed by atoms with Gasteiger partial charge in [0.2, 0.25) is 5.91 Å². The van der Waals surface area contributed by atoms with Crippen LogP contribution >= 0.6 is 0 Å². The van der Waals surface area contributed by atoms with Gasteiger partial charge in [0.15, 0.2) is 5.60 Å². The van der Waals surface area contributed by atoms with Gasteiger partial charge in [-0.2, -0.15) is 0 Å². The maximum Gasteiger partial charge on any atom is 0.340 e. The van der Waals surface area contributed by atoms with E-state index in [1.165, 1.54) is 6.92 Å². The minimum Gasteiger partial charge on any atom is -0.440 e. The molecule has 4 aromatic rings. The summed E-state index contributed by atoms with van der Waals surface area (Å²) in [6, 6.07) is 21.3. The number of fused-ring (bicyclic) bond motifs is 2. The van der Waals surface area contributed by atoms with Crippen LogP contribution in [0.15, 0.2) is 66.7 Å². The Morgan fingerprint density at radius 1 is 1.00 bits per heavy atom. The third-order valence-electron chi connectivity index (χ3n) is 6.23. The van der Waals surface area contributed by atoms with Gasteiger partial charge >= 0.3 is 5.97 Å². The number of nitrogens with zero attached hydrogens (tertiary/aromatic N) is 1. The molecule has 2 N–H and O–H groups in total.